The van der Waals surface area contributed by atoms with E-state index in [4.69, 9.17) is 16.9 Å². The largest absolute Gasteiger partial charge is 0.469 e. The molecule has 5 N–H and O–H groups in total. The number of methoxy groups -OCH3 is 1. The molecule has 0 aromatic heterocycles. The van der Waals surface area contributed by atoms with Crippen LogP contribution in [0.15, 0.2) is 4.99 Å². The second kappa shape index (κ2) is 7.73. The first-order valence-electron chi connectivity index (χ1n) is 6.10. The normalized spacial score (nSPS) is 15.6. The minimum absolute atomic E-state index is 0.0890. The van der Waals surface area contributed by atoms with Gasteiger partial charge in [0.25, 0.3) is 0 Å². The second-order valence-electron chi connectivity index (χ2n) is 4.31. The average Bonchev–Trinajstić information content (AvgIpc) is 2.43. The Hall–Kier alpha value is -1.77. The Kier molecular flexibility index (Phi) is 6.29. The molecule has 0 radical (unpaired) electrons. The Labute approximate surface area is 121 Å². The highest BCUT2D eigenvalue weighted by molar-refractivity contribution is 8.14. The first kappa shape index (κ1) is 16.3. The number of esters is 1. The van der Waals surface area contributed by atoms with E-state index in [0.717, 1.165) is 11.8 Å². The summed E-state index contributed by atoms with van der Waals surface area (Å²) in [7, 11) is 1.37. The number of amides is 1. The molecule has 0 saturated carbocycles. The fourth-order valence-electron chi connectivity index (χ4n) is 1.90. The van der Waals surface area contributed by atoms with Crippen molar-refractivity contribution >= 4 is 34.8 Å². The summed E-state index contributed by atoms with van der Waals surface area (Å²) < 4.78 is 4.69. The van der Waals surface area contributed by atoms with Crippen molar-refractivity contribution in [2.75, 3.05) is 26.0 Å². The van der Waals surface area contributed by atoms with E-state index in [0.29, 0.717) is 25.9 Å². The lowest BCUT2D eigenvalue weighted by Crippen LogP contribution is -2.41. The lowest BCUT2D eigenvalue weighted by molar-refractivity contribution is -0.148. The summed E-state index contributed by atoms with van der Waals surface area (Å²) in [6, 6.07) is 0. The molecule has 0 unspecified atom stereocenters. The molecule has 9 heteroatoms. The molecule has 8 nitrogen and oxygen atoms in total. The van der Waals surface area contributed by atoms with E-state index >= 15 is 0 Å². The summed E-state index contributed by atoms with van der Waals surface area (Å²) in [5.74, 6) is -0.529. The van der Waals surface area contributed by atoms with E-state index in [1.54, 1.807) is 4.90 Å². The number of hydrogen-bond donors (Lipinski definition) is 3. The number of likely N-dealkylation sites (tertiary alicyclic amines) is 1. The number of thioether (sulfide) groups is 1. The van der Waals surface area contributed by atoms with Gasteiger partial charge in [-0.1, -0.05) is 11.8 Å². The third-order valence-corrected chi connectivity index (χ3v) is 3.70. The Morgan fingerprint density at radius 1 is 1.40 bits per heavy atom. The Balaban J connectivity index is 2.34. The van der Waals surface area contributed by atoms with E-state index in [1.807, 2.05) is 0 Å². The lowest BCUT2D eigenvalue weighted by atomic mass is 9.97. The molecule has 0 aromatic rings. The number of nitrogens with zero attached hydrogens (tertiary/aromatic N) is 2. The molecule has 1 aliphatic heterocycles. The smallest absolute Gasteiger partial charge is 0.308 e. The van der Waals surface area contributed by atoms with Crippen LogP contribution in [0, 0.1) is 11.3 Å². The molecule has 1 aliphatic rings. The summed E-state index contributed by atoms with van der Waals surface area (Å²) in [5.41, 5.74) is 10.3. The number of nitrogens with one attached hydrogen (secondary N) is 1. The van der Waals surface area contributed by atoms with Gasteiger partial charge < -0.3 is 21.1 Å². The average molecular weight is 301 g/mol. The molecule has 1 heterocycles. The number of rotatable bonds is 3. The van der Waals surface area contributed by atoms with Crippen LogP contribution in [0.2, 0.25) is 0 Å². The fraction of sp³-hybridized carbons (Fsp3) is 0.636. The van der Waals surface area contributed by atoms with Crippen LogP contribution in [0.3, 0.4) is 0 Å². The van der Waals surface area contributed by atoms with Gasteiger partial charge in [0.15, 0.2) is 11.1 Å². The van der Waals surface area contributed by atoms with E-state index < -0.39 is 0 Å². The maximum Gasteiger partial charge on any atom is 0.308 e. The molecule has 0 atom stereocenters. The SMILES string of the molecule is COC(=O)C1CCN(C(=O)CSC(=N)N=C(N)N)CC1. The summed E-state index contributed by atoms with van der Waals surface area (Å²) in [4.78, 5) is 28.5. The molecule has 20 heavy (non-hydrogen) atoms. The number of piperidine rings is 1. The maximum absolute atomic E-state index is 11.9. The number of nitrogens with two attached hydrogens (primary N) is 2. The third-order valence-electron chi connectivity index (χ3n) is 2.95. The van der Waals surface area contributed by atoms with Gasteiger partial charge in [0, 0.05) is 13.1 Å². The zero-order chi connectivity index (χ0) is 15.1. The third kappa shape index (κ3) is 5.08. The van der Waals surface area contributed by atoms with Gasteiger partial charge in [-0.3, -0.25) is 15.0 Å². The molecular formula is C11H19N5O3S. The van der Waals surface area contributed by atoms with Crippen molar-refractivity contribution in [3.63, 3.8) is 0 Å². The molecule has 1 fully saturated rings. The van der Waals surface area contributed by atoms with Gasteiger partial charge in [-0.15, -0.1) is 0 Å². The first-order chi connectivity index (χ1) is 9.43. The van der Waals surface area contributed by atoms with Crippen LogP contribution in [-0.4, -0.2) is 53.9 Å². The van der Waals surface area contributed by atoms with Crippen LogP contribution < -0.4 is 11.5 Å². The number of ether oxygens (including phenoxy) is 1. The molecule has 0 aromatic carbocycles. The van der Waals surface area contributed by atoms with Crippen molar-refractivity contribution in [1.29, 1.82) is 5.41 Å². The molecule has 112 valence electrons. The molecule has 1 rings (SSSR count). The number of hydrogen-bond acceptors (Lipinski definition) is 5. The highest BCUT2D eigenvalue weighted by atomic mass is 32.2. The lowest BCUT2D eigenvalue weighted by Gasteiger charge is -2.30. The minimum Gasteiger partial charge on any atom is -0.469 e. The zero-order valence-electron chi connectivity index (χ0n) is 11.3. The standard InChI is InChI=1S/C11H19N5O3S/c1-19-9(18)7-2-4-16(5-3-7)8(17)6-20-11(14)15-10(12)13/h7H,2-6H2,1H3,(H5,12,13,14,15). The fourth-order valence-corrected chi connectivity index (χ4v) is 2.51. The highest BCUT2D eigenvalue weighted by Gasteiger charge is 2.27. The molecule has 0 aliphatic carbocycles. The Morgan fingerprint density at radius 3 is 2.50 bits per heavy atom. The topological polar surface area (TPSA) is 135 Å². The highest BCUT2D eigenvalue weighted by Crippen LogP contribution is 2.19. The van der Waals surface area contributed by atoms with Crippen LogP contribution >= 0.6 is 11.8 Å². The van der Waals surface area contributed by atoms with Crippen LogP contribution in [0.5, 0.6) is 0 Å². The van der Waals surface area contributed by atoms with Crippen LogP contribution in [0.1, 0.15) is 12.8 Å². The Bertz CT molecular complexity index is 414. The number of amidine groups is 1. The quantitative estimate of drug-likeness (QED) is 0.360. The second-order valence-corrected chi connectivity index (χ2v) is 5.27. The van der Waals surface area contributed by atoms with E-state index in [1.165, 1.54) is 7.11 Å². The van der Waals surface area contributed by atoms with Gasteiger partial charge in [-0.25, -0.2) is 0 Å². The van der Waals surface area contributed by atoms with Gasteiger partial charge in [-0.05, 0) is 12.8 Å². The van der Waals surface area contributed by atoms with Crippen molar-refractivity contribution in [2.24, 2.45) is 22.4 Å². The number of guanidine groups is 1. The van der Waals surface area contributed by atoms with E-state index in [2.05, 4.69) is 9.73 Å². The van der Waals surface area contributed by atoms with Crippen molar-refractivity contribution < 1.29 is 14.3 Å². The van der Waals surface area contributed by atoms with Crippen LogP contribution in [0.4, 0.5) is 0 Å². The number of carbonyl (C=O) groups excluding carboxylic acids is 2. The zero-order valence-corrected chi connectivity index (χ0v) is 12.1. The number of carbonyl (C=O) groups is 2. The van der Waals surface area contributed by atoms with Gasteiger partial charge in [-0.2, -0.15) is 4.99 Å². The molecule has 1 amide bonds. The van der Waals surface area contributed by atoms with Crippen molar-refractivity contribution in [2.45, 2.75) is 12.8 Å². The molecule has 1 saturated heterocycles. The van der Waals surface area contributed by atoms with Gasteiger partial charge >= 0.3 is 5.97 Å². The summed E-state index contributed by atoms with van der Waals surface area (Å²) in [5, 5.41) is 7.33. The van der Waals surface area contributed by atoms with Gasteiger partial charge in [0.05, 0.1) is 18.8 Å². The van der Waals surface area contributed by atoms with Crippen LogP contribution in [-0.2, 0) is 14.3 Å². The predicted octanol–water partition coefficient (Wildman–Crippen LogP) is -0.661. The summed E-state index contributed by atoms with van der Waals surface area (Å²) >= 11 is 0.971. The molecule has 0 bridgehead atoms. The summed E-state index contributed by atoms with van der Waals surface area (Å²) in [6.07, 6.45) is 1.21. The number of aliphatic imine (C=N–C) groups is 1. The van der Waals surface area contributed by atoms with Crippen molar-refractivity contribution in [1.82, 2.24) is 4.90 Å². The van der Waals surface area contributed by atoms with Crippen LogP contribution in [0.25, 0.3) is 0 Å². The van der Waals surface area contributed by atoms with E-state index in [-0.39, 0.29) is 34.7 Å². The van der Waals surface area contributed by atoms with Crippen molar-refractivity contribution in [3.8, 4) is 0 Å². The van der Waals surface area contributed by atoms with Gasteiger partial charge in [0.1, 0.15) is 0 Å². The summed E-state index contributed by atoms with van der Waals surface area (Å²) in [6.45, 7) is 1.05. The van der Waals surface area contributed by atoms with Gasteiger partial charge in [0.2, 0.25) is 5.91 Å². The van der Waals surface area contributed by atoms with E-state index in [9.17, 15) is 9.59 Å². The Morgan fingerprint density at radius 2 is 2.00 bits per heavy atom. The maximum atomic E-state index is 11.9. The molecule has 0 spiro atoms. The monoisotopic (exact) mass is 301 g/mol. The molecular weight excluding hydrogens is 282 g/mol. The first-order valence-corrected chi connectivity index (χ1v) is 7.09. The predicted molar refractivity (Wildman–Crippen MR) is 77.3 cm³/mol. The minimum atomic E-state index is -0.221. The van der Waals surface area contributed by atoms with Crippen molar-refractivity contribution in [3.05, 3.63) is 0 Å².